The number of ether oxygens (including phenoxy) is 1. The predicted molar refractivity (Wildman–Crippen MR) is 518 cm³/mol. The number of halogens is 20. The van der Waals surface area contributed by atoms with E-state index in [9.17, 15) is 23.4 Å². The Labute approximate surface area is 833 Å². The van der Waals surface area contributed by atoms with Crippen molar-refractivity contribution in [3.05, 3.63) is 302 Å². The van der Waals surface area contributed by atoms with Gasteiger partial charge >= 0.3 is 30.8 Å². The fourth-order valence-corrected chi connectivity index (χ4v) is 16.9. The molecule has 2 N–H and O–H groups in total. The molecule has 0 fully saturated rings. The van der Waals surface area contributed by atoms with Gasteiger partial charge in [-0.2, -0.15) is 0 Å². The Morgan fingerprint density at radius 1 is 0.358 bits per heavy atom. The quantitative estimate of drug-likeness (QED) is 0.0343. The molecule has 0 spiro atoms. The monoisotopic (exact) mass is 2050 g/mol. The molecular weight excluding hydrogens is 1970 g/mol. The smallest absolute Gasteiger partial charge is 1.00 e. The number of hydrogen-bond acceptors (Lipinski definition) is 9. The van der Waals surface area contributed by atoms with Crippen LogP contribution >= 0.6 is 234 Å². The van der Waals surface area contributed by atoms with Crippen LogP contribution in [0.3, 0.4) is 0 Å². The first-order valence-electron chi connectivity index (χ1n) is 36.9. The number of fused-ring (bicyclic) bond motifs is 4. The van der Waals surface area contributed by atoms with E-state index in [2.05, 4.69) is 35.3 Å². The summed E-state index contributed by atoms with van der Waals surface area (Å²) in [6.07, 6.45) is 9.23. The number of nitrogens with two attached hydrogens (primary N) is 1. The third kappa shape index (κ3) is 32.4. The Morgan fingerprint density at radius 3 is 0.850 bits per heavy atom. The number of hydrogen-bond donors (Lipinski definition) is 1. The Morgan fingerprint density at radius 2 is 0.592 bits per heavy atom. The molecule has 0 saturated carbocycles. The van der Waals surface area contributed by atoms with E-state index in [4.69, 9.17) is 215 Å². The second kappa shape index (κ2) is 51.6. The molecule has 2 amide bonds. The second-order valence-corrected chi connectivity index (χ2v) is 39.4. The minimum atomic E-state index is -0.781. The van der Waals surface area contributed by atoms with Crippen LogP contribution in [0.4, 0.5) is 0 Å². The molecule has 0 aromatic heterocycles. The van der Waals surface area contributed by atoms with Gasteiger partial charge in [0.2, 0.25) is 0 Å². The molecule has 6 atom stereocenters. The van der Waals surface area contributed by atoms with Gasteiger partial charge in [-0.3, -0.25) is 28.5 Å². The summed E-state index contributed by atoms with van der Waals surface area (Å²) in [5.41, 5.74) is 17.5. The van der Waals surface area contributed by atoms with Gasteiger partial charge in [0.1, 0.15) is 0 Å². The van der Waals surface area contributed by atoms with Gasteiger partial charge in [-0.25, -0.2) is 9.59 Å². The molecule has 0 aliphatic carbocycles. The number of imide groups is 1. The molecule has 4 heterocycles. The van der Waals surface area contributed by atoms with Crippen LogP contribution in [0.5, 0.6) is 0 Å². The van der Waals surface area contributed by atoms with Crippen LogP contribution in [0.2, 0.25) is 90.4 Å². The van der Waals surface area contributed by atoms with Crippen molar-refractivity contribution in [3.63, 3.8) is 0 Å². The van der Waals surface area contributed by atoms with Gasteiger partial charge < -0.3 is 11.9 Å². The number of carbonyl (C=O) groups excluding carboxylic acids is 4. The van der Waals surface area contributed by atoms with Crippen LogP contribution in [0.1, 0.15) is 180 Å². The molecule has 33 heteroatoms. The summed E-state index contributed by atoms with van der Waals surface area (Å²) in [4.78, 5) is 53.3. The summed E-state index contributed by atoms with van der Waals surface area (Å²) in [5, 5.41) is 9.34. The molecule has 0 saturated heterocycles. The molecule has 0 bridgehead atoms. The Hall–Kier alpha value is -1.78. The van der Waals surface area contributed by atoms with Crippen molar-refractivity contribution in [1.82, 2.24) is 14.7 Å². The van der Waals surface area contributed by atoms with E-state index in [0.29, 0.717) is 112 Å². The van der Waals surface area contributed by atoms with Crippen molar-refractivity contribution in [3.8, 4) is 0 Å². The average Bonchev–Trinajstić information content (AvgIpc) is 1.62. The first-order valence-corrected chi connectivity index (χ1v) is 45.1. The summed E-state index contributed by atoms with van der Waals surface area (Å²) in [6, 6.07) is 43.0. The summed E-state index contributed by atoms with van der Waals surface area (Å²) in [6.45, 7) is 20.3. The van der Waals surface area contributed by atoms with Gasteiger partial charge in [-0.05, 0) is 278 Å². The molecule has 0 unspecified atom stereocenters. The van der Waals surface area contributed by atoms with E-state index in [1.807, 2.05) is 138 Å². The first kappa shape index (κ1) is 111. The van der Waals surface area contributed by atoms with Gasteiger partial charge in [-0.15, -0.1) is 24.8 Å². The third-order valence-electron chi connectivity index (χ3n) is 19.7. The molecule has 13 rings (SSSR count). The largest absolute Gasteiger partial charge is 1.00 e. The summed E-state index contributed by atoms with van der Waals surface area (Å²) in [7, 11) is -0.781. The van der Waals surface area contributed by atoms with E-state index in [1.165, 1.54) is 73.7 Å². The van der Waals surface area contributed by atoms with Crippen LogP contribution in [0, 0.1) is 5.92 Å². The minimum absolute atomic E-state index is 0. The summed E-state index contributed by atoms with van der Waals surface area (Å²) in [5.74, 6) is -0.864. The van der Waals surface area contributed by atoms with Gasteiger partial charge in [0, 0.05) is 71.6 Å². The van der Waals surface area contributed by atoms with Crippen molar-refractivity contribution < 1.29 is 48.4 Å². The van der Waals surface area contributed by atoms with E-state index >= 15 is 0 Å². The number of nitrogens with zero attached hydrogens (tertiary/aromatic N) is 3. The van der Waals surface area contributed by atoms with Crippen molar-refractivity contribution in [2.45, 2.75) is 175 Å². The third-order valence-corrected chi connectivity index (χ3v) is 28.5. The standard InChI is InChI=1S/C18H13Cl4NO2.2C18H17Cl4N.C15H22Cl2OS.C10H13Cl2N.C8H2Cl2O3.Al.2ClH.Li.4H/c1-9(2-3-10-4-5-13(19)14(20)6-10)23-17(24)11-7-15(21)16(22)8-12(11)18(23)25;2*1-11(2-3-12-4-5-15(19)16(20)6-12)23-9-13-7-17(21)18(22)8-14(13)10-23;1-11(10-19(18)15(2,3)4)5-6-12-7-8-13(16)14(17)9-12;1-7(13)2-3-8-4-5-9(11)10(12)6-8;9-5-1-3-4(2-6(5)10)8(12)13-7(3)11;;;;;;;;/h4-9H,2-3H2,1H3;2*4-8,11H,2-3,9-10H2,1H3;7-9,11H,5-6,10H2,1-4H3;4-7H,2-3,13H2,1H3;1-2H;;2*1H;;;;;/q;;;;;;;;;+1;;;;-1/t9-;2*11-;11-,19+;7-;;;;;;;;;/m11111........./s1. The number of benzene rings is 9. The topological polar surface area (TPSA) is 130 Å². The van der Waals surface area contributed by atoms with Crippen molar-refractivity contribution in [2.75, 3.05) is 5.75 Å². The van der Waals surface area contributed by atoms with E-state index < -0.39 is 22.7 Å². The summed E-state index contributed by atoms with van der Waals surface area (Å²) < 4.78 is 16.3. The average molecular weight is 2060 g/mol. The van der Waals surface area contributed by atoms with E-state index in [-0.39, 0.29) is 122 Å². The fourth-order valence-electron chi connectivity index (χ4n) is 12.7. The van der Waals surface area contributed by atoms with Gasteiger partial charge in [-0.1, -0.05) is 246 Å². The normalized spacial score (nSPS) is 14.5. The Kier molecular flexibility index (Phi) is 47.5. The molecule has 9 aromatic rings. The van der Waals surface area contributed by atoms with Crippen molar-refractivity contribution in [2.24, 2.45) is 11.7 Å². The number of carbonyl (C=O) groups is 4. The van der Waals surface area contributed by atoms with Crippen LogP contribution in [-0.2, 0) is 73.8 Å². The maximum absolute atomic E-state index is 12.6. The van der Waals surface area contributed by atoms with Gasteiger partial charge in [0.25, 0.3) is 11.8 Å². The molecule has 9 aromatic carbocycles. The second-order valence-electron chi connectivity index (χ2n) is 29.9. The summed E-state index contributed by atoms with van der Waals surface area (Å²) >= 11 is 107. The maximum atomic E-state index is 12.6. The molecule has 0 radical (unpaired) electrons. The Balaban J connectivity index is 0.000000378. The maximum Gasteiger partial charge on any atom is 1.00 e. The van der Waals surface area contributed by atoms with Gasteiger partial charge in [0.05, 0.1) is 113 Å². The van der Waals surface area contributed by atoms with Crippen molar-refractivity contribution in [1.29, 1.82) is 0 Å². The zero-order valence-electron chi connectivity index (χ0n) is 67.2. The zero-order valence-corrected chi connectivity index (χ0v) is 82.2. The van der Waals surface area contributed by atoms with Crippen LogP contribution in [0.15, 0.2) is 140 Å². The predicted octanol–water partition coefficient (Wildman–Crippen LogP) is 26.7. The molecule has 4 aliphatic heterocycles. The number of aryl methyl sites for hydroxylation is 5. The van der Waals surface area contributed by atoms with Crippen LogP contribution in [0.25, 0.3) is 0 Å². The first-order chi connectivity index (χ1) is 54.5. The van der Waals surface area contributed by atoms with Gasteiger partial charge in [0.15, 0.2) is 17.4 Å². The van der Waals surface area contributed by atoms with E-state index in [0.717, 1.165) is 88.9 Å². The zero-order chi connectivity index (χ0) is 85.5. The Bertz CT molecular complexity index is 4850. The van der Waals surface area contributed by atoms with Crippen molar-refractivity contribution >= 4 is 286 Å². The number of esters is 2. The molecule has 10 nitrogen and oxygen atoms in total. The SMILES string of the molecule is C[C@@H](N)CCc1ccc(Cl)c(Cl)c1.C[C@H](CCc1ccc(Cl)c(Cl)c1)C[S@](=O)C(C)(C)C.C[C@H](CCc1ccc(Cl)c(Cl)c1)N1C(=O)c2cc(Cl)c(Cl)cc2C1=O.C[C@H](CCc1ccc(Cl)c(Cl)c1)N1Cc2cc(Cl)c(Cl)cc2C1.C[C@H](CCc1ccc(Cl)c(Cl)c1)N1Cc2cc(Cl)c(Cl)cc2C1.Cl.Cl.O=C1OC(=O)c2cc(Cl)c(Cl)cc21.[AlH3].[H-].[Li+]. The number of rotatable bonds is 20. The number of cyclic esters (lactones) is 2. The van der Waals surface area contributed by atoms with E-state index in [1.54, 1.807) is 12.1 Å². The van der Waals surface area contributed by atoms with Crippen LogP contribution in [-0.4, -0.2) is 94.7 Å². The molecular formula is C87H90AlCl20LiN4O6S. The number of amides is 2. The molecule has 644 valence electrons. The minimum Gasteiger partial charge on any atom is -1.00 e. The van der Waals surface area contributed by atoms with Crippen LogP contribution < -0.4 is 24.6 Å². The fraction of sp³-hybridized carbons (Fsp3) is 0.333. The molecule has 4 aliphatic rings. The molecule has 120 heavy (non-hydrogen) atoms.